The molecule has 0 saturated carbocycles. The number of nitrogens with zero attached hydrogens (tertiary/aromatic N) is 1. The molecule has 6 heteroatoms. The zero-order chi connectivity index (χ0) is 13.7. The van der Waals surface area contributed by atoms with E-state index in [9.17, 15) is 9.59 Å². The van der Waals surface area contributed by atoms with Gasteiger partial charge in [0.25, 0.3) is 0 Å². The van der Waals surface area contributed by atoms with Crippen molar-refractivity contribution in [2.45, 2.75) is 0 Å². The first-order chi connectivity index (χ1) is 9.22. The largest absolute Gasteiger partial charge is 0.465 e. The van der Waals surface area contributed by atoms with Gasteiger partial charge in [-0.2, -0.15) is 0 Å². The summed E-state index contributed by atoms with van der Waals surface area (Å²) >= 11 is 0. The lowest BCUT2D eigenvalue weighted by molar-refractivity contribution is 0.0593. The molecular weight excluding hydrogens is 282 g/mol. The Labute approximate surface area is 122 Å². The van der Waals surface area contributed by atoms with Gasteiger partial charge >= 0.3 is 11.9 Å². The van der Waals surface area contributed by atoms with Crippen molar-refractivity contribution < 1.29 is 19.1 Å². The highest BCUT2D eigenvalue weighted by molar-refractivity contribution is 5.96. The Balaban J connectivity index is 0.00000200. The van der Waals surface area contributed by atoms with Crippen molar-refractivity contribution in [1.29, 1.82) is 0 Å². The number of para-hydroxylation sites is 1. The van der Waals surface area contributed by atoms with Crippen molar-refractivity contribution >= 4 is 24.3 Å². The fourth-order valence-electron chi connectivity index (χ4n) is 1.48. The first kappa shape index (κ1) is 15.7. The minimum atomic E-state index is -0.557. The number of hydrogen-bond donors (Lipinski definition) is 0. The van der Waals surface area contributed by atoms with Crippen LogP contribution in [0, 0.1) is 0 Å². The van der Waals surface area contributed by atoms with Gasteiger partial charge in [0.05, 0.1) is 12.7 Å². The van der Waals surface area contributed by atoms with Crippen molar-refractivity contribution in [2.24, 2.45) is 0 Å². The standard InChI is InChI=1S/C14H11NO4.ClH/c1-18-14(17)11-4-2-3-5-12(11)19-13(16)10-6-8-15-9-7-10;/h2-9H,1H3;1H. The second-order valence-electron chi connectivity index (χ2n) is 3.61. The zero-order valence-corrected chi connectivity index (χ0v) is 11.4. The fourth-order valence-corrected chi connectivity index (χ4v) is 1.48. The van der Waals surface area contributed by atoms with Crippen molar-refractivity contribution in [2.75, 3.05) is 7.11 Å². The van der Waals surface area contributed by atoms with Crippen LogP contribution in [0.25, 0.3) is 0 Å². The smallest absolute Gasteiger partial charge is 0.343 e. The molecule has 1 heterocycles. The molecule has 0 atom stereocenters. The minimum absolute atomic E-state index is 0. The lowest BCUT2D eigenvalue weighted by Crippen LogP contribution is -2.12. The lowest BCUT2D eigenvalue weighted by Gasteiger charge is -2.08. The summed E-state index contributed by atoms with van der Waals surface area (Å²) < 4.78 is 9.81. The first-order valence-corrected chi connectivity index (χ1v) is 5.52. The molecule has 0 spiro atoms. The van der Waals surface area contributed by atoms with E-state index >= 15 is 0 Å². The Morgan fingerprint density at radius 2 is 1.65 bits per heavy atom. The van der Waals surface area contributed by atoms with E-state index in [2.05, 4.69) is 9.72 Å². The third kappa shape index (κ3) is 3.55. The summed E-state index contributed by atoms with van der Waals surface area (Å²) in [5.41, 5.74) is 0.557. The maximum Gasteiger partial charge on any atom is 0.343 e. The Morgan fingerprint density at radius 1 is 1.00 bits per heavy atom. The second-order valence-corrected chi connectivity index (χ2v) is 3.61. The minimum Gasteiger partial charge on any atom is -0.465 e. The number of carbonyl (C=O) groups excluding carboxylic acids is 2. The number of aromatic nitrogens is 1. The SMILES string of the molecule is COC(=O)c1ccccc1OC(=O)c1ccncc1.Cl. The molecule has 0 amide bonds. The molecule has 0 unspecified atom stereocenters. The van der Waals surface area contributed by atoms with Gasteiger partial charge in [0.2, 0.25) is 0 Å². The molecule has 20 heavy (non-hydrogen) atoms. The number of halogens is 1. The summed E-state index contributed by atoms with van der Waals surface area (Å²) in [6.07, 6.45) is 2.98. The van der Waals surface area contributed by atoms with Crippen LogP contribution < -0.4 is 4.74 Å². The molecule has 2 rings (SSSR count). The summed E-state index contributed by atoms with van der Waals surface area (Å²) in [4.78, 5) is 27.2. The van der Waals surface area contributed by atoms with Gasteiger partial charge in [-0.3, -0.25) is 4.98 Å². The fraction of sp³-hybridized carbons (Fsp3) is 0.0714. The molecule has 1 aromatic heterocycles. The average molecular weight is 294 g/mol. The first-order valence-electron chi connectivity index (χ1n) is 5.52. The number of hydrogen-bond acceptors (Lipinski definition) is 5. The number of carbonyl (C=O) groups is 2. The highest BCUT2D eigenvalue weighted by Crippen LogP contribution is 2.20. The van der Waals surface area contributed by atoms with Crippen LogP contribution in [0.2, 0.25) is 0 Å². The molecular formula is C14H12ClNO4. The van der Waals surface area contributed by atoms with Crippen LogP contribution in [-0.2, 0) is 4.74 Å². The van der Waals surface area contributed by atoms with Gasteiger partial charge in [-0.25, -0.2) is 9.59 Å². The Bertz CT molecular complexity index is 601. The normalized spacial score (nSPS) is 9.25. The van der Waals surface area contributed by atoms with Gasteiger partial charge in [0.1, 0.15) is 11.3 Å². The van der Waals surface area contributed by atoms with Crippen LogP contribution in [0.15, 0.2) is 48.8 Å². The van der Waals surface area contributed by atoms with Gasteiger partial charge in [-0.05, 0) is 24.3 Å². The molecule has 104 valence electrons. The van der Waals surface area contributed by atoms with Gasteiger partial charge in [0.15, 0.2) is 0 Å². The molecule has 2 aromatic rings. The quantitative estimate of drug-likeness (QED) is 0.642. The summed E-state index contributed by atoms with van der Waals surface area (Å²) in [5, 5.41) is 0. The summed E-state index contributed by atoms with van der Waals surface area (Å²) in [6, 6.07) is 9.45. The molecule has 0 radical (unpaired) electrons. The molecule has 0 saturated heterocycles. The van der Waals surface area contributed by atoms with E-state index in [0.29, 0.717) is 5.56 Å². The number of rotatable bonds is 3. The third-order valence-corrected chi connectivity index (χ3v) is 2.41. The summed E-state index contributed by atoms with van der Waals surface area (Å²) in [6.45, 7) is 0. The average Bonchev–Trinajstić information content (AvgIpc) is 2.48. The molecule has 0 aliphatic heterocycles. The number of esters is 2. The Morgan fingerprint density at radius 3 is 2.30 bits per heavy atom. The molecule has 5 nitrogen and oxygen atoms in total. The third-order valence-electron chi connectivity index (χ3n) is 2.41. The van der Waals surface area contributed by atoms with Gasteiger partial charge in [-0.15, -0.1) is 12.4 Å². The van der Waals surface area contributed by atoms with E-state index in [0.717, 1.165) is 0 Å². The predicted molar refractivity (Wildman–Crippen MR) is 74.2 cm³/mol. The van der Waals surface area contributed by atoms with Crippen molar-refractivity contribution in [3.8, 4) is 5.75 Å². The topological polar surface area (TPSA) is 65.5 Å². The molecule has 0 aliphatic rings. The van der Waals surface area contributed by atoms with Crippen LogP contribution >= 0.6 is 12.4 Å². The lowest BCUT2D eigenvalue weighted by atomic mass is 10.2. The number of pyridine rings is 1. The van der Waals surface area contributed by atoms with Crippen LogP contribution in [0.4, 0.5) is 0 Å². The van der Waals surface area contributed by atoms with Crippen LogP contribution in [0.1, 0.15) is 20.7 Å². The van der Waals surface area contributed by atoms with Crippen molar-refractivity contribution in [1.82, 2.24) is 4.98 Å². The van der Waals surface area contributed by atoms with E-state index in [1.807, 2.05) is 0 Å². The molecule has 0 aliphatic carbocycles. The summed E-state index contributed by atoms with van der Waals surface area (Å²) in [5.74, 6) is -0.951. The van der Waals surface area contributed by atoms with Gasteiger partial charge < -0.3 is 9.47 Å². The molecule has 0 bridgehead atoms. The Hall–Kier alpha value is -2.40. The van der Waals surface area contributed by atoms with E-state index in [-0.39, 0.29) is 23.7 Å². The van der Waals surface area contributed by atoms with E-state index in [1.165, 1.54) is 43.8 Å². The number of benzene rings is 1. The monoisotopic (exact) mass is 293 g/mol. The highest BCUT2D eigenvalue weighted by atomic mass is 35.5. The second kappa shape index (κ2) is 7.25. The van der Waals surface area contributed by atoms with Gasteiger partial charge in [-0.1, -0.05) is 12.1 Å². The maximum absolute atomic E-state index is 11.9. The van der Waals surface area contributed by atoms with Crippen molar-refractivity contribution in [3.63, 3.8) is 0 Å². The van der Waals surface area contributed by atoms with Crippen LogP contribution in [-0.4, -0.2) is 24.0 Å². The van der Waals surface area contributed by atoms with Crippen LogP contribution in [0.3, 0.4) is 0 Å². The Kier molecular flexibility index (Phi) is 5.68. The number of ether oxygens (including phenoxy) is 2. The number of methoxy groups -OCH3 is 1. The maximum atomic E-state index is 11.9. The van der Waals surface area contributed by atoms with Gasteiger partial charge in [0, 0.05) is 12.4 Å². The molecule has 0 N–H and O–H groups in total. The van der Waals surface area contributed by atoms with E-state index in [1.54, 1.807) is 12.1 Å². The van der Waals surface area contributed by atoms with Crippen LogP contribution in [0.5, 0.6) is 5.75 Å². The van der Waals surface area contributed by atoms with Crippen molar-refractivity contribution in [3.05, 3.63) is 59.9 Å². The zero-order valence-electron chi connectivity index (χ0n) is 10.6. The highest BCUT2D eigenvalue weighted by Gasteiger charge is 2.16. The molecule has 1 aromatic carbocycles. The predicted octanol–water partition coefficient (Wildman–Crippen LogP) is 2.51. The molecule has 0 fully saturated rings. The summed E-state index contributed by atoms with van der Waals surface area (Å²) in [7, 11) is 1.27. The van der Waals surface area contributed by atoms with E-state index in [4.69, 9.17) is 4.74 Å². The van der Waals surface area contributed by atoms with E-state index < -0.39 is 11.9 Å².